The molecule has 0 aliphatic carbocycles. The summed E-state index contributed by atoms with van der Waals surface area (Å²) >= 11 is 1.45. The van der Waals surface area contributed by atoms with E-state index in [0.29, 0.717) is 11.6 Å². The fourth-order valence-corrected chi connectivity index (χ4v) is 3.62. The van der Waals surface area contributed by atoms with Gasteiger partial charge in [-0.3, -0.25) is 4.79 Å². The van der Waals surface area contributed by atoms with Crippen LogP contribution in [0.15, 0.2) is 17.5 Å². The Labute approximate surface area is 114 Å². The van der Waals surface area contributed by atoms with Gasteiger partial charge in [0.1, 0.15) is 0 Å². The molecule has 0 spiro atoms. The fourth-order valence-electron chi connectivity index (χ4n) is 3.05. The molecule has 2 aliphatic rings. The van der Waals surface area contributed by atoms with Crippen molar-refractivity contribution in [1.82, 2.24) is 4.98 Å². The highest BCUT2D eigenvalue weighted by atomic mass is 32.1. The number of benzene rings is 1. The molecule has 0 radical (unpaired) electrons. The van der Waals surface area contributed by atoms with Crippen LogP contribution in [0.3, 0.4) is 0 Å². The van der Waals surface area contributed by atoms with Crippen molar-refractivity contribution in [3.8, 4) is 11.3 Å². The van der Waals surface area contributed by atoms with Crippen molar-refractivity contribution < 1.29 is 4.79 Å². The smallest absolute Gasteiger partial charge is 0.231 e. The van der Waals surface area contributed by atoms with Crippen LogP contribution >= 0.6 is 11.3 Å². The summed E-state index contributed by atoms with van der Waals surface area (Å²) in [6.45, 7) is 0.863. The van der Waals surface area contributed by atoms with Gasteiger partial charge in [0.2, 0.25) is 5.91 Å². The molecule has 0 atom stereocenters. The first-order chi connectivity index (χ1) is 9.22. The molecular weight excluding hydrogens is 258 g/mol. The van der Waals surface area contributed by atoms with Crippen LogP contribution in [0.4, 0.5) is 10.8 Å². The number of nitrogens with zero attached hydrogens (tertiary/aromatic N) is 2. The number of carbonyl (C=O) groups is 1. The van der Waals surface area contributed by atoms with Crippen LogP contribution in [0.1, 0.15) is 17.5 Å². The van der Waals surface area contributed by atoms with E-state index in [2.05, 4.69) is 17.1 Å². The second-order valence-corrected chi connectivity index (χ2v) is 5.93. The topological polar surface area (TPSA) is 59.2 Å². The lowest BCUT2D eigenvalue weighted by atomic mass is 9.96. The predicted octanol–water partition coefficient (Wildman–Crippen LogP) is 2.23. The molecule has 2 N–H and O–H groups in total. The van der Waals surface area contributed by atoms with Gasteiger partial charge in [-0.1, -0.05) is 0 Å². The van der Waals surface area contributed by atoms with Gasteiger partial charge in [-0.2, -0.15) is 0 Å². The molecule has 1 aromatic heterocycles. The largest absolute Gasteiger partial charge is 0.375 e. The number of hydrogen-bond acceptors (Lipinski definition) is 4. The molecule has 5 heteroatoms. The normalized spacial score (nSPS) is 16.8. The van der Waals surface area contributed by atoms with Gasteiger partial charge >= 0.3 is 0 Å². The summed E-state index contributed by atoms with van der Waals surface area (Å²) in [5.74, 6) is 0.228. The molecule has 4 nitrogen and oxygen atoms in total. The van der Waals surface area contributed by atoms with E-state index in [0.717, 1.165) is 41.9 Å². The summed E-state index contributed by atoms with van der Waals surface area (Å²) in [5.41, 5.74) is 11.3. The molecule has 96 valence electrons. The van der Waals surface area contributed by atoms with Gasteiger partial charge in [-0.05, 0) is 36.1 Å². The SMILES string of the molecule is Nc1nc(-c2cc3c4c(c2)CC(=O)N4CCC3)cs1. The Morgan fingerprint density at radius 2 is 2.16 bits per heavy atom. The lowest BCUT2D eigenvalue weighted by Crippen LogP contribution is -2.31. The quantitative estimate of drug-likeness (QED) is 0.865. The van der Waals surface area contributed by atoms with Crippen molar-refractivity contribution in [1.29, 1.82) is 0 Å². The summed E-state index contributed by atoms with van der Waals surface area (Å²) in [6.07, 6.45) is 2.61. The second-order valence-electron chi connectivity index (χ2n) is 5.04. The summed E-state index contributed by atoms with van der Waals surface area (Å²) in [6, 6.07) is 4.26. The molecule has 2 aromatic rings. The van der Waals surface area contributed by atoms with E-state index in [-0.39, 0.29) is 5.91 Å². The number of anilines is 2. The van der Waals surface area contributed by atoms with Crippen molar-refractivity contribution >= 4 is 28.1 Å². The Morgan fingerprint density at radius 3 is 2.95 bits per heavy atom. The number of rotatable bonds is 1. The maximum absolute atomic E-state index is 12.0. The summed E-state index contributed by atoms with van der Waals surface area (Å²) in [7, 11) is 0. The van der Waals surface area contributed by atoms with Crippen LogP contribution < -0.4 is 10.6 Å². The first-order valence-corrected chi connectivity index (χ1v) is 7.28. The number of hydrogen-bond donors (Lipinski definition) is 1. The van der Waals surface area contributed by atoms with E-state index in [9.17, 15) is 4.79 Å². The second kappa shape index (κ2) is 3.81. The zero-order valence-electron chi connectivity index (χ0n) is 10.3. The highest BCUT2D eigenvalue weighted by Gasteiger charge is 2.32. The van der Waals surface area contributed by atoms with Crippen LogP contribution in [-0.2, 0) is 17.6 Å². The first-order valence-electron chi connectivity index (χ1n) is 6.40. The Kier molecular flexibility index (Phi) is 2.20. The maximum atomic E-state index is 12.0. The first kappa shape index (κ1) is 11.0. The minimum Gasteiger partial charge on any atom is -0.375 e. The molecule has 1 amide bonds. The Bertz CT molecular complexity index is 692. The highest BCUT2D eigenvalue weighted by molar-refractivity contribution is 7.13. The van der Waals surface area contributed by atoms with Gasteiger partial charge in [0.05, 0.1) is 17.8 Å². The average Bonchev–Trinajstić information content (AvgIpc) is 2.96. The molecule has 2 aliphatic heterocycles. The van der Waals surface area contributed by atoms with E-state index < -0.39 is 0 Å². The van der Waals surface area contributed by atoms with Crippen molar-refractivity contribution in [3.05, 3.63) is 28.6 Å². The van der Waals surface area contributed by atoms with Crippen molar-refractivity contribution in [2.45, 2.75) is 19.3 Å². The third kappa shape index (κ3) is 1.58. The average molecular weight is 271 g/mol. The van der Waals surface area contributed by atoms with E-state index in [1.54, 1.807) is 0 Å². The minimum atomic E-state index is 0.228. The number of carbonyl (C=O) groups excluding carboxylic acids is 1. The van der Waals surface area contributed by atoms with Crippen molar-refractivity contribution in [3.63, 3.8) is 0 Å². The van der Waals surface area contributed by atoms with Gasteiger partial charge < -0.3 is 10.6 Å². The number of amides is 1. The molecular formula is C14H13N3OS. The number of thiazole rings is 1. The maximum Gasteiger partial charge on any atom is 0.231 e. The van der Waals surface area contributed by atoms with Crippen LogP contribution in [-0.4, -0.2) is 17.4 Å². The number of aromatic nitrogens is 1. The Hall–Kier alpha value is -1.88. The third-order valence-corrected chi connectivity index (χ3v) is 4.50. The molecule has 0 bridgehead atoms. The molecule has 1 aromatic carbocycles. The molecule has 0 fully saturated rings. The molecule has 0 saturated carbocycles. The molecule has 4 rings (SSSR count). The molecule has 0 saturated heterocycles. The zero-order valence-corrected chi connectivity index (χ0v) is 11.2. The van der Waals surface area contributed by atoms with Crippen molar-refractivity contribution in [2.24, 2.45) is 0 Å². The summed E-state index contributed by atoms with van der Waals surface area (Å²) in [5, 5.41) is 2.56. The minimum absolute atomic E-state index is 0.228. The van der Waals surface area contributed by atoms with E-state index in [1.165, 1.54) is 16.9 Å². The monoisotopic (exact) mass is 271 g/mol. The number of nitrogen functional groups attached to an aromatic ring is 1. The summed E-state index contributed by atoms with van der Waals surface area (Å²) in [4.78, 5) is 18.3. The van der Waals surface area contributed by atoms with Crippen LogP contribution in [0.2, 0.25) is 0 Å². The van der Waals surface area contributed by atoms with Gasteiger partial charge in [0, 0.05) is 17.5 Å². The fraction of sp³-hybridized carbons (Fsp3) is 0.286. The highest BCUT2D eigenvalue weighted by Crippen LogP contribution is 2.39. The van der Waals surface area contributed by atoms with Gasteiger partial charge in [-0.15, -0.1) is 11.3 Å². The Morgan fingerprint density at radius 1 is 1.32 bits per heavy atom. The number of nitrogens with two attached hydrogens (primary N) is 1. The molecule has 0 unspecified atom stereocenters. The standard InChI is InChI=1S/C14H13N3OS/c15-14-16-11(7-19-14)9-4-8-2-1-3-17-12(18)6-10(5-9)13(8)17/h4-5,7H,1-3,6H2,(H2,15,16). The van der Waals surface area contributed by atoms with Gasteiger partial charge in [0.15, 0.2) is 5.13 Å². The Balaban J connectivity index is 1.89. The third-order valence-electron chi connectivity index (χ3n) is 3.83. The van der Waals surface area contributed by atoms with Crippen LogP contribution in [0.5, 0.6) is 0 Å². The van der Waals surface area contributed by atoms with E-state index >= 15 is 0 Å². The predicted molar refractivity (Wildman–Crippen MR) is 76.3 cm³/mol. The van der Waals surface area contributed by atoms with Gasteiger partial charge in [-0.25, -0.2) is 4.98 Å². The molecule has 19 heavy (non-hydrogen) atoms. The zero-order chi connectivity index (χ0) is 13.0. The summed E-state index contributed by atoms with van der Waals surface area (Å²) < 4.78 is 0. The molecule has 3 heterocycles. The lowest BCUT2D eigenvalue weighted by molar-refractivity contribution is -0.117. The van der Waals surface area contributed by atoms with Crippen LogP contribution in [0.25, 0.3) is 11.3 Å². The lowest BCUT2D eigenvalue weighted by Gasteiger charge is -2.25. The van der Waals surface area contributed by atoms with Crippen molar-refractivity contribution in [2.75, 3.05) is 17.2 Å². The van der Waals surface area contributed by atoms with E-state index in [4.69, 9.17) is 5.73 Å². The number of aryl methyl sites for hydroxylation is 1. The van der Waals surface area contributed by atoms with E-state index in [1.807, 2.05) is 10.3 Å². The van der Waals surface area contributed by atoms with Gasteiger partial charge in [0.25, 0.3) is 0 Å². The van der Waals surface area contributed by atoms with Crippen LogP contribution in [0, 0.1) is 0 Å².